The van der Waals surface area contributed by atoms with Crippen LogP contribution in [0.4, 0.5) is 10.1 Å². The smallest absolute Gasteiger partial charge is 0.182 e. The van der Waals surface area contributed by atoms with Crippen LogP contribution in [0.1, 0.15) is 32.6 Å². The quantitative estimate of drug-likeness (QED) is 0.842. The van der Waals surface area contributed by atoms with Crippen molar-refractivity contribution in [3.05, 3.63) is 24.0 Å². The SMILES string of the molecule is CC1(n2nnnc2-c2ccc(N)c(F)c2)CCCC1. The molecule has 1 heterocycles. The van der Waals surface area contributed by atoms with Gasteiger partial charge in [0.05, 0.1) is 11.2 Å². The van der Waals surface area contributed by atoms with E-state index in [1.807, 2.05) is 4.68 Å². The molecule has 3 rings (SSSR count). The minimum absolute atomic E-state index is 0.0727. The van der Waals surface area contributed by atoms with E-state index in [9.17, 15) is 4.39 Å². The first kappa shape index (κ1) is 12.1. The highest BCUT2D eigenvalue weighted by Gasteiger charge is 2.34. The third-order valence-corrected chi connectivity index (χ3v) is 3.92. The maximum Gasteiger partial charge on any atom is 0.182 e. The molecular weight excluding hydrogens is 245 g/mol. The highest BCUT2D eigenvalue weighted by Crippen LogP contribution is 2.37. The fraction of sp³-hybridized carbons (Fsp3) is 0.462. The summed E-state index contributed by atoms with van der Waals surface area (Å²) in [4.78, 5) is 0. The van der Waals surface area contributed by atoms with Crippen LogP contribution in [0, 0.1) is 5.82 Å². The first-order valence-electron chi connectivity index (χ1n) is 6.44. The molecule has 1 saturated carbocycles. The van der Waals surface area contributed by atoms with Gasteiger partial charge in [-0.15, -0.1) is 5.10 Å². The molecule has 0 atom stereocenters. The summed E-state index contributed by atoms with van der Waals surface area (Å²) in [5.41, 5.74) is 6.21. The lowest BCUT2D eigenvalue weighted by atomic mass is 10.0. The number of hydrogen-bond acceptors (Lipinski definition) is 4. The van der Waals surface area contributed by atoms with Gasteiger partial charge in [0.25, 0.3) is 0 Å². The maximum absolute atomic E-state index is 13.6. The van der Waals surface area contributed by atoms with E-state index in [1.54, 1.807) is 12.1 Å². The summed E-state index contributed by atoms with van der Waals surface area (Å²) in [5, 5.41) is 11.9. The van der Waals surface area contributed by atoms with Crippen molar-refractivity contribution in [1.29, 1.82) is 0 Å². The van der Waals surface area contributed by atoms with Crippen LogP contribution in [0.5, 0.6) is 0 Å². The van der Waals surface area contributed by atoms with E-state index < -0.39 is 5.82 Å². The Morgan fingerprint density at radius 1 is 1.32 bits per heavy atom. The highest BCUT2D eigenvalue weighted by molar-refractivity contribution is 5.59. The van der Waals surface area contributed by atoms with Crippen LogP contribution in [0.25, 0.3) is 11.4 Å². The monoisotopic (exact) mass is 261 g/mol. The predicted molar refractivity (Wildman–Crippen MR) is 69.7 cm³/mol. The van der Waals surface area contributed by atoms with Crippen LogP contribution >= 0.6 is 0 Å². The number of nitrogens with zero attached hydrogens (tertiary/aromatic N) is 4. The van der Waals surface area contributed by atoms with Gasteiger partial charge in [-0.05, 0) is 48.4 Å². The van der Waals surface area contributed by atoms with E-state index in [-0.39, 0.29) is 11.2 Å². The van der Waals surface area contributed by atoms with E-state index in [0.29, 0.717) is 11.4 Å². The zero-order valence-corrected chi connectivity index (χ0v) is 10.8. The lowest BCUT2D eigenvalue weighted by Crippen LogP contribution is -2.28. The lowest BCUT2D eigenvalue weighted by molar-refractivity contribution is 0.292. The third-order valence-electron chi connectivity index (χ3n) is 3.92. The molecule has 1 aliphatic rings. The molecule has 1 aliphatic carbocycles. The molecule has 2 aromatic rings. The molecule has 1 aromatic carbocycles. The molecular formula is C13H16FN5. The van der Waals surface area contributed by atoms with Gasteiger partial charge in [-0.25, -0.2) is 9.07 Å². The Bertz CT molecular complexity index is 601. The Morgan fingerprint density at radius 2 is 2.05 bits per heavy atom. The number of nitrogens with two attached hydrogens (primary N) is 1. The first-order chi connectivity index (χ1) is 9.10. The van der Waals surface area contributed by atoms with Crippen LogP contribution in [-0.4, -0.2) is 20.2 Å². The molecule has 0 aliphatic heterocycles. The number of tetrazole rings is 1. The molecule has 5 nitrogen and oxygen atoms in total. The zero-order valence-electron chi connectivity index (χ0n) is 10.8. The fourth-order valence-electron chi connectivity index (χ4n) is 2.75. The summed E-state index contributed by atoms with van der Waals surface area (Å²) in [6.45, 7) is 2.15. The maximum atomic E-state index is 13.6. The van der Waals surface area contributed by atoms with Crippen LogP contribution in [-0.2, 0) is 5.54 Å². The number of halogens is 1. The molecule has 6 heteroatoms. The molecule has 2 N–H and O–H groups in total. The second kappa shape index (κ2) is 4.29. The van der Waals surface area contributed by atoms with Gasteiger partial charge >= 0.3 is 0 Å². The van der Waals surface area contributed by atoms with E-state index in [2.05, 4.69) is 22.4 Å². The van der Waals surface area contributed by atoms with Crippen LogP contribution < -0.4 is 5.73 Å². The molecule has 100 valence electrons. The van der Waals surface area contributed by atoms with Gasteiger partial charge in [-0.3, -0.25) is 0 Å². The van der Waals surface area contributed by atoms with Crippen molar-refractivity contribution in [2.24, 2.45) is 0 Å². The van der Waals surface area contributed by atoms with Gasteiger partial charge in [0, 0.05) is 5.56 Å². The Labute approximate surface area is 110 Å². The van der Waals surface area contributed by atoms with Gasteiger partial charge in [0.15, 0.2) is 5.82 Å². The van der Waals surface area contributed by atoms with E-state index in [0.717, 1.165) is 12.8 Å². The number of rotatable bonds is 2. The topological polar surface area (TPSA) is 69.6 Å². The number of hydrogen-bond donors (Lipinski definition) is 1. The average molecular weight is 261 g/mol. The summed E-state index contributed by atoms with van der Waals surface area (Å²) >= 11 is 0. The third kappa shape index (κ3) is 1.97. The Hall–Kier alpha value is -1.98. The Morgan fingerprint density at radius 3 is 2.74 bits per heavy atom. The normalized spacial score (nSPS) is 17.8. The van der Waals surface area contributed by atoms with E-state index in [1.165, 1.54) is 18.9 Å². The number of nitrogen functional groups attached to an aromatic ring is 1. The molecule has 0 unspecified atom stereocenters. The molecule has 1 fully saturated rings. The van der Waals surface area contributed by atoms with Crippen molar-refractivity contribution in [2.45, 2.75) is 38.1 Å². The van der Waals surface area contributed by atoms with E-state index >= 15 is 0 Å². The minimum atomic E-state index is -0.441. The number of aromatic nitrogens is 4. The largest absolute Gasteiger partial charge is 0.396 e. The summed E-state index contributed by atoms with van der Waals surface area (Å²) in [7, 11) is 0. The van der Waals surface area contributed by atoms with Gasteiger partial charge in [-0.1, -0.05) is 12.8 Å². The Balaban J connectivity index is 2.06. The molecule has 0 amide bonds. The molecule has 0 radical (unpaired) electrons. The average Bonchev–Trinajstić information content (AvgIpc) is 3.02. The lowest BCUT2D eigenvalue weighted by Gasteiger charge is -2.24. The van der Waals surface area contributed by atoms with Crippen molar-refractivity contribution in [1.82, 2.24) is 20.2 Å². The van der Waals surface area contributed by atoms with Crippen LogP contribution in [0.2, 0.25) is 0 Å². The van der Waals surface area contributed by atoms with Gasteiger partial charge in [0.1, 0.15) is 5.82 Å². The molecule has 0 saturated heterocycles. The summed E-state index contributed by atoms with van der Waals surface area (Å²) in [6, 6.07) is 4.68. The molecule has 19 heavy (non-hydrogen) atoms. The van der Waals surface area contributed by atoms with E-state index in [4.69, 9.17) is 5.73 Å². The van der Waals surface area contributed by atoms with Gasteiger partial charge < -0.3 is 5.73 Å². The predicted octanol–water partition coefficient (Wildman–Crippen LogP) is 2.35. The second-order valence-corrected chi connectivity index (χ2v) is 5.35. The number of anilines is 1. The van der Waals surface area contributed by atoms with Crippen molar-refractivity contribution in [2.75, 3.05) is 5.73 Å². The van der Waals surface area contributed by atoms with Crippen LogP contribution in [0.15, 0.2) is 18.2 Å². The van der Waals surface area contributed by atoms with Crippen LogP contribution in [0.3, 0.4) is 0 Å². The Kier molecular flexibility index (Phi) is 2.73. The van der Waals surface area contributed by atoms with Crippen molar-refractivity contribution in [3.8, 4) is 11.4 Å². The number of benzene rings is 1. The highest BCUT2D eigenvalue weighted by atomic mass is 19.1. The van der Waals surface area contributed by atoms with Gasteiger partial charge in [0.2, 0.25) is 0 Å². The second-order valence-electron chi connectivity index (χ2n) is 5.35. The summed E-state index contributed by atoms with van der Waals surface area (Å²) < 4.78 is 15.4. The summed E-state index contributed by atoms with van der Waals surface area (Å²) in [6.07, 6.45) is 4.43. The fourth-order valence-corrected chi connectivity index (χ4v) is 2.75. The summed E-state index contributed by atoms with van der Waals surface area (Å²) in [5.74, 6) is 0.159. The minimum Gasteiger partial charge on any atom is -0.396 e. The van der Waals surface area contributed by atoms with Gasteiger partial charge in [-0.2, -0.15) is 0 Å². The van der Waals surface area contributed by atoms with Crippen molar-refractivity contribution < 1.29 is 4.39 Å². The molecule has 1 aromatic heterocycles. The van der Waals surface area contributed by atoms with Crippen molar-refractivity contribution >= 4 is 5.69 Å². The standard InChI is InChI=1S/C13H16FN5/c1-13(6-2-3-7-13)19-12(16-17-18-19)9-4-5-11(15)10(14)8-9/h4-5,8H,2-3,6-7,15H2,1H3. The molecule has 0 bridgehead atoms. The van der Waals surface area contributed by atoms with Crippen molar-refractivity contribution in [3.63, 3.8) is 0 Å². The zero-order chi connectivity index (χ0) is 13.5. The first-order valence-corrected chi connectivity index (χ1v) is 6.44. The molecule has 0 spiro atoms.